The van der Waals surface area contributed by atoms with E-state index >= 15 is 0 Å². The van der Waals surface area contributed by atoms with Gasteiger partial charge in [0, 0.05) is 0 Å². The highest BCUT2D eigenvalue weighted by molar-refractivity contribution is 5.29. The third kappa shape index (κ3) is 14.0. The molecule has 2 N–H and O–H groups in total. The van der Waals surface area contributed by atoms with Crippen LogP contribution in [0.4, 0.5) is 0 Å². The third-order valence-corrected chi connectivity index (χ3v) is 6.00. The van der Waals surface area contributed by atoms with Gasteiger partial charge in [-0.3, -0.25) is 0 Å². The van der Waals surface area contributed by atoms with Gasteiger partial charge in [-0.05, 0) is 50.7 Å². The zero-order valence-corrected chi connectivity index (χ0v) is 19.7. The topological polar surface area (TPSA) is 88.0 Å². The van der Waals surface area contributed by atoms with Crippen LogP contribution < -0.4 is 0 Å². The van der Waals surface area contributed by atoms with Gasteiger partial charge in [-0.2, -0.15) is 10.5 Å². The molecule has 0 saturated heterocycles. The van der Waals surface area contributed by atoms with Gasteiger partial charge in [0.05, 0.1) is 35.5 Å². The summed E-state index contributed by atoms with van der Waals surface area (Å²) in [6, 6.07) is 4.29. The van der Waals surface area contributed by atoms with Crippen LogP contribution in [0.1, 0.15) is 103 Å². The molecule has 1 aliphatic rings. The minimum Gasteiger partial charge on any atom is -0.388 e. The number of nitriles is 2. The predicted molar refractivity (Wildman–Crippen MR) is 132 cm³/mol. The van der Waals surface area contributed by atoms with Crippen molar-refractivity contribution in [3.8, 4) is 12.1 Å². The molecule has 0 aliphatic heterocycles. The summed E-state index contributed by atoms with van der Waals surface area (Å²) < 4.78 is 0. The lowest BCUT2D eigenvalue weighted by Crippen LogP contribution is -2.08. The fraction of sp³-hybridized carbons (Fsp3) is 0.643. The second-order valence-electron chi connectivity index (χ2n) is 8.75. The van der Waals surface area contributed by atoms with Crippen molar-refractivity contribution < 1.29 is 10.2 Å². The van der Waals surface area contributed by atoms with E-state index in [0.717, 1.165) is 64.2 Å². The standard InChI is InChI=1S/C28H42N2O2/c29-23-25-19-15-11-7-3-1-5-9-13-17-21-27(31)26(24-30)20-16-12-8-4-2-6-10-14-18-22-28(25)32/h11-12,15-16,19-20,27-28,31-32H,1-10,13-14,17-18,21-22H2/b15-11-,16-12-,25-19+,26-20+. The van der Waals surface area contributed by atoms with E-state index in [1.54, 1.807) is 12.2 Å². The number of hydrogen-bond acceptors (Lipinski definition) is 4. The number of nitrogens with zero attached hydrogens (tertiary/aromatic N) is 2. The Kier molecular flexibility index (Phi) is 17.0. The van der Waals surface area contributed by atoms with Crippen molar-refractivity contribution in [2.45, 2.75) is 115 Å². The molecule has 0 saturated carbocycles. The Balaban J connectivity index is 2.53. The second kappa shape index (κ2) is 19.5. The Morgan fingerprint density at radius 3 is 1.28 bits per heavy atom. The number of aliphatic hydroxyl groups excluding tert-OH is 2. The number of hydrogen-bond donors (Lipinski definition) is 2. The van der Waals surface area contributed by atoms with Gasteiger partial charge in [0.15, 0.2) is 0 Å². The van der Waals surface area contributed by atoms with E-state index in [1.807, 2.05) is 12.2 Å². The van der Waals surface area contributed by atoms with Crippen LogP contribution in [-0.4, -0.2) is 22.4 Å². The minimum atomic E-state index is -0.654. The smallest absolute Gasteiger partial charge is 0.0974 e. The molecule has 0 aromatic heterocycles. The first-order valence-corrected chi connectivity index (χ1v) is 12.6. The van der Waals surface area contributed by atoms with Gasteiger partial charge >= 0.3 is 0 Å². The van der Waals surface area contributed by atoms with Crippen molar-refractivity contribution in [3.63, 3.8) is 0 Å². The average Bonchev–Trinajstić information content (AvgIpc) is 2.79. The van der Waals surface area contributed by atoms with Crippen LogP contribution in [0.5, 0.6) is 0 Å². The molecule has 0 spiro atoms. The van der Waals surface area contributed by atoms with Crippen molar-refractivity contribution in [1.29, 1.82) is 10.5 Å². The third-order valence-electron chi connectivity index (χ3n) is 6.00. The molecule has 32 heavy (non-hydrogen) atoms. The van der Waals surface area contributed by atoms with E-state index in [2.05, 4.69) is 24.3 Å². The SMILES string of the molecule is N#C/C1=C\C=C/CCCCCCCCC(O)/C(C#N)=C/C=C\CCCCCCCCC1O. The summed E-state index contributed by atoms with van der Waals surface area (Å²) in [4.78, 5) is 0. The number of allylic oxidation sites excluding steroid dienone is 6. The largest absolute Gasteiger partial charge is 0.388 e. The van der Waals surface area contributed by atoms with E-state index in [-0.39, 0.29) is 0 Å². The predicted octanol–water partition coefficient (Wildman–Crippen LogP) is 6.98. The van der Waals surface area contributed by atoms with Crippen molar-refractivity contribution in [3.05, 3.63) is 47.6 Å². The molecular weight excluding hydrogens is 396 g/mol. The van der Waals surface area contributed by atoms with Crippen molar-refractivity contribution in [2.75, 3.05) is 0 Å². The Morgan fingerprint density at radius 2 is 0.906 bits per heavy atom. The fourth-order valence-electron chi connectivity index (χ4n) is 3.91. The maximum absolute atomic E-state index is 10.3. The first kappa shape index (κ1) is 27.9. The van der Waals surface area contributed by atoms with Crippen LogP contribution in [0.2, 0.25) is 0 Å². The van der Waals surface area contributed by atoms with Crippen LogP contribution in [0.15, 0.2) is 47.6 Å². The first-order chi connectivity index (χ1) is 15.7. The van der Waals surface area contributed by atoms with Crippen LogP contribution in [-0.2, 0) is 0 Å². The summed E-state index contributed by atoms with van der Waals surface area (Å²) in [5.74, 6) is 0. The Hall–Kier alpha value is -2.14. The average molecular weight is 439 g/mol. The Labute approximate surface area is 195 Å². The monoisotopic (exact) mass is 438 g/mol. The molecule has 0 bridgehead atoms. The maximum atomic E-state index is 10.3. The molecule has 0 radical (unpaired) electrons. The van der Waals surface area contributed by atoms with Crippen molar-refractivity contribution in [2.24, 2.45) is 0 Å². The lowest BCUT2D eigenvalue weighted by atomic mass is 10.0. The van der Waals surface area contributed by atoms with Gasteiger partial charge in [-0.15, -0.1) is 0 Å². The molecule has 1 aliphatic carbocycles. The highest BCUT2D eigenvalue weighted by Gasteiger charge is 2.10. The highest BCUT2D eigenvalue weighted by atomic mass is 16.3. The van der Waals surface area contributed by atoms with Crippen LogP contribution >= 0.6 is 0 Å². The van der Waals surface area contributed by atoms with Gasteiger partial charge in [0.25, 0.3) is 0 Å². The molecule has 0 amide bonds. The lowest BCUT2D eigenvalue weighted by molar-refractivity contribution is 0.200. The van der Waals surface area contributed by atoms with Gasteiger partial charge in [0.1, 0.15) is 0 Å². The minimum absolute atomic E-state index is 0.463. The van der Waals surface area contributed by atoms with Crippen LogP contribution in [0.25, 0.3) is 0 Å². The molecule has 0 fully saturated rings. The van der Waals surface area contributed by atoms with Gasteiger partial charge < -0.3 is 10.2 Å². The van der Waals surface area contributed by atoms with Gasteiger partial charge in [-0.25, -0.2) is 0 Å². The van der Waals surface area contributed by atoms with E-state index in [0.29, 0.717) is 24.0 Å². The zero-order valence-electron chi connectivity index (χ0n) is 19.7. The molecule has 0 aromatic rings. The van der Waals surface area contributed by atoms with Gasteiger partial charge in [-0.1, -0.05) is 88.5 Å². The molecule has 2 unspecified atom stereocenters. The quantitative estimate of drug-likeness (QED) is 0.427. The summed E-state index contributed by atoms with van der Waals surface area (Å²) >= 11 is 0. The summed E-state index contributed by atoms with van der Waals surface area (Å²) in [6.07, 6.45) is 26.7. The molecular formula is C28H42N2O2. The van der Waals surface area contributed by atoms with E-state index in [4.69, 9.17) is 0 Å². The van der Waals surface area contributed by atoms with E-state index in [9.17, 15) is 20.7 Å². The number of rotatable bonds is 0. The molecule has 1 rings (SSSR count). The van der Waals surface area contributed by atoms with E-state index in [1.165, 1.54) is 25.7 Å². The Morgan fingerprint density at radius 1 is 0.562 bits per heavy atom. The fourth-order valence-corrected chi connectivity index (χ4v) is 3.91. The number of aliphatic hydroxyl groups is 2. The molecule has 2 atom stereocenters. The zero-order chi connectivity index (χ0) is 23.3. The molecule has 4 heteroatoms. The normalized spacial score (nSPS) is 29.8. The Bertz CT molecular complexity index is 631. The first-order valence-electron chi connectivity index (χ1n) is 12.6. The van der Waals surface area contributed by atoms with Crippen LogP contribution in [0, 0.1) is 22.7 Å². The summed E-state index contributed by atoms with van der Waals surface area (Å²) in [5, 5.41) is 39.1. The molecule has 0 aromatic carbocycles. The maximum Gasteiger partial charge on any atom is 0.0974 e. The highest BCUT2D eigenvalue weighted by Crippen LogP contribution is 2.16. The lowest BCUT2D eigenvalue weighted by Gasteiger charge is -2.09. The van der Waals surface area contributed by atoms with Gasteiger partial charge in [0.2, 0.25) is 0 Å². The van der Waals surface area contributed by atoms with E-state index < -0.39 is 12.2 Å². The van der Waals surface area contributed by atoms with Crippen molar-refractivity contribution >= 4 is 0 Å². The van der Waals surface area contributed by atoms with Crippen molar-refractivity contribution in [1.82, 2.24) is 0 Å². The second-order valence-corrected chi connectivity index (χ2v) is 8.75. The summed E-state index contributed by atoms with van der Waals surface area (Å²) in [5.41, 5.74) is 0.926. The molecule has 0 heterocycles. The van der Waals surface area contributed by atoms with Crippen LogP contribution in [0.3, 0.4) is 0 Å². The summed E-state index contributed by atoms with van der Waals surface area (Å²) in [7, 11) is 0. The molecule has 176 valence electrons. The summed E-state index contributed by atoms with van der Waals surface area (Å²) in [6.45, 7) is 0. The molecule has 4 nitrogen and oxygen atoms in total.